The lowest BCUT2D eigenvalue weighted by Crippen LogP contribution is -2.12. The molecule has 0 aliphatic carbocycles. The zero-order valence-corrected chi connectivity index (χ0v) is 13.4. The van der Waals surface area contributed by atoms with Crippen LogP contribution < -0.4 is 11.1 Å². The Labute approximate surface area is 138 Å². The molecule has 0 aliphatic rings. The lowest BCUT2D eigenvalue weighted by molar-refractivity contribution is 0.100. The normalized spacial score (nSPS) is 12.0. The van der Waals surface area contributed by atoms with Crippen molar-refractivity contribution in [2.45, 2.75) is 13.0 Å². The van der Waals surface area contributed by atoms with E-state index in [1.807, 2.05) is 6.92 Å². The molecule has 1 amide bonds. The topological polar surface area (TPSA) is 55.1 Å². The number of amides is 1. The van der Waals surface area contributed by atoms with Crippen LogP contribution in [-0.2, 0) is 0 Å². The number of halogens is 3. The molecule has 0 saturated carbocycles. The monoisotopic (exact) mass is 342 g/mol. The Kier molecular flexibility index (Phi) is 4.99. The zero-order valence-electron chi connectivity index (χ0n) is 11.2. The number of carbonyl (C=O) groups excluding carboxylic acids is 1. The summed E-state index contributed by atoms with van der Waals surface area (Å²) < 4.78 is 0. The highest BCUT2D eigenvalue weighted by Gasteiger charge is 2.13. The molecule has 1 atom stereocenters. The lowest BCUT2D eigenvalue weighted by Gasteiger charge is -2.18. The highest BCUT2D eigenvalue weighted by molar-refractivity contribution is 6.34. The van der Waals surface area contributed by atoms with E-state index in [9.17, 15) is 4.79 Å². The summed E-state index contributed by atoms with van der Waals surface area (Å²) in [6, 6.07) is 9.91. The number of primary amides is 1. The van der Waals surface area contributed by atoms with Gasteiger partial charge in [-0.15, -0.1) is 0 Å². The number of nitrogens with one attached hydrogen (secondary N) is 1. The van der Waals surface area contributed by atoms with E-state index in [4.69, 9.17) is 40.5 Å². The Hall–Kier alpha value is -1.42. The molecule has 0 bridgehead atoms. The molecule has 3 nitrogen and oxygen atoms in total. The number of hydrogen-bond donors (Lipinski definition) is 2. The molecule has 0 heterocycles. The van der Waals surface area contributed by atoms with Crippen molar-refractivity contribution in [3.05, 3.63) is 62.6 Å². The summed E-state index contributed by atoms with van der Waals surface area (Å²) in [5.41, 5.74) is 7.10. The quantitative estimate of drug-likeness (QED) is 0.828. The smallest absolute Gasteiger partial charge is 0.248 e. The molecule has 0 aromatic heterocycles. The maximum absolute atomic E-state index is 11.2. The molecule has 0 saturated heterocycles. The van der Waals surface area contributed by atoms with E-state index in [2.05, 4.69) is 5.32 Å². The van der Waals surface area contributed by atoms with Gasteiger partial charge in [0.15, 0.2) is 0 Å². The van der Waals surface area contributed by atoms with Gasteiger partial charge in [0.05, 0.1) is 16.8 Å². The third-order valence-corrected chi connectivity index (χ3v) is 3.96. The molecule has 2 aromatic carbocycles. The zero-order chi connectivity index (χ0) is 15.6. The third-order valence-electron chi connectivity index (χ3n) is 3.05. The predicted molar refractivity (Wildman–Crippen MR) is 88.5 cm³/mol. The van der Waals surface area contributed by atoms with Crippen molar-refractivity contribution in [3.63, 3.8) is 0 Å². The minimum atomic E-state index is -0.511. The summed E-state index contributed by atoms with van der Waals surface area (Å²) in [5, 5.41) is 4.89. The van der Waals surface area contributed by atoms with Gasteiger partial charge in [-0.3, -0.25) is 4.79 Å². The first-order valence-corrected chi connectivity index (χ1v) is 7.32. The summed E-state index contributed by atoms with van der Waals surface area (Å²) in [4.78, 5) is 11.2. The van der Waals surface area contributed by atoms with Crippen LogP contribution in [0.5, 0.6) is 0 Å². The fourth-order valence-electron chi connectivity index (χ4n) is 1.95. The van der Waals surface area contributed by atoms with Crippen LogP contribution >= 0.6 is 34.8 Å². The van der Waals surface area contributed by atoms with Crippen LogP contribution in [0, 0.1) is 0 Å². The van der Waals surface area contributed by atoms with E-state index in [-0.39, 0.29) is 6.04 Å². The Morgan fingerprint density at radius 2 is 1.76 bits per heavy atom. The molecule has 3 N–H and O–H groups in total. The van der Waals surface area contributed by atoms with Crippen molar-refractivity contribution < 1.29 is 4.79 Å². The number of anilines is 1. The molecule has 2 rings (SSSR count). The van der Waals surface area contributed by atoms with Crippen molar-refractivity contribution in [1.82, 2.24) is 0 Å². The predicted octanol–water partition coefficient (Wildman–Crippen LogP) is 4.92. The van der Waals surface area contributed by atoms with Crippen molar-refractivity contribution in [2.24, 2.45) is 5.73 Å². The number of hydrogen-bond acceptors (Lipinski definition) is 2. The molecule has 21 heavy (non-hydrogen) atoms. The molecule has 0 aliphatic heterocycles. The summed E-state index contributed by atoms with van der Waals surface area (Å²) in [5.74, 6) is -0.511. The second kappa shape index (κ2) is 6.56. The van der Waals surface area contributed by atoms with E-state index in [0.717, 1.165) is 5.56 Å². The average molecular weight is 344 g/mol. The van der Waals surface area contributed by atoms with Crippen LogP contribution in [0.4, 0.5) is 5.69 Å². The van der Waals surface area contributed by atoms with Crippen molar-refractivity contribution in [1.29, 1.82) is 0 Å². The van der Waals surface area contributed by atoms with Gasteiger partial charge < -0.3 is 11.1 Å². The van der Waals surface area contributed by atoms with Crippen LogP contribution in [-0.4, -0.2) is 5.91 Å². The van der Waals surface area contributed by atoms with Crippen LogP contribution in [0.1, 0.15) is 28.9 Å². The number of nitrogens with two attached hydrogens (primary N) is 1. The Morgan fingerprint density at radius 1 is 1.10 bits per heavy atom. The highest BCUT2D eigenvalue weighted by Crippen LogP contribution is 2.31. The fourth-order valence-corrected chi connectivity index (χ4v) is 2.58. The second-order valence-corrected chi connectivity index (χ2v) is 5.84. The average Bonchev–Trinajstić information content (AvgIpc) is 2.43. The van der Waals surface area contributed by atoms with E-state index in [1.54, 1.807) is 36.4 Å². The van der Waals surface area contributed by atoms with Gasteiger partial charge in [0.1, 0.15) is 0 Å². The first kappa shape index (κ1) is 16.0. The standard InChI is InChI=1S/C15H13Cl3N2O/c1-8(11-7-10(16)3-5-12(11)17)20-14-6-9(15(19)21)2-4-13(14)18/h2-8,20H,1H3,(H2,19,21). The summed E-state index contributed by atoms with van der Waals surface area (Å²) in [7, 11) is 0. The third kappa shape index (κ3) is 3.82. The molecule has 0 fully saturated rings. The number of benzene rings is 2. The maximum Gasteiger partial charge on any atom is 0.248 e. The van der Waals surface area contributed by atoms with Gasteiger partial charge in [0.25, 0.3) is 0 Å². The van der Waals surface area contributed by atoms with Gasteiger partial charge in [-0.05, 0) is 48.9 Å². The van der Waals surface area contributed by atoms with Gasteiger partial charge >= 0.3 is 0 Å². The lowest BCUT2D eigenvalue weighted by atomic mass is 10.1. The Balaban J connectivity index is 2.31. The first-order valence-electron chi connectivity index (χ1n) is 6.19. The maximum atomic E-state index is 11.2. The first-order chi connectivity index (χ1) is 9.88. The summed E-state index contributed by atoms with van der Waals surface area (Å²) in [6.45, 7) is 1.92. The molecule has 1 unspecified atom stereocenters. The van der Waals surface area contributed by atoms with Crippen molar-refractivity contribution >= 4 is 46.4 Å². The van der Waals surface area contributed by atoms with Gasteiger partial charge in [0, 0.05) is 15.6 Å². The van der Waals surface area contributed by atoms with Gasteiger partial charge in [0.2, 0.25) is 5.91 Å². The number of carbonyl (C=O) groups is 1. The van der Waals surface area contributed by atoms with E-state index in [1.165, 1.54) is 0 Å². The molecule has 0 radical (unpaired) electrons. The van der Waals surface area contributed by atoms with Gasteiger partial charge in [-0.25, -0.2) is 0 Å². The van der Waals surface area contributed by atoms with Crippen LogP contribution in [0.15, 0.2) is 36.4 Å². The van der Waals surface area contributed by atoms with Crippen LogP contribution in [0.2, 0.25) is 15.1 Å². The molecule has 6 heteroatoms. The molecular formula is C15H13Cl3N2O. The van der Waals surface area contributed by atoms with Crippen LogP contribution in [0.25, 0.3) is 0 Å². The largest absolute Gasteiger partial charge is 0.377 e. The molecular weight excluding hydrogens is 331 g/mol. The Morgan fingerprint density at radius 3 is 2.43 bits per heavy atom. The highest BCUT2D eigenvalue weighted by atomic mass is 35.5. The van der Waals surface area contributed by atoms with E-state index < -0.39 is 5.91 Å². The van der Waals surface area contributed by atoms with E-state index in [0.29, 0.717) is 26.3 Å². The summed E-state index contributed by atoms with van der Waals surface area (Å²) in [6.07, 6.45) is 0. The molecule has 0 spiro atoms. The minimum absolute atomic E-state index is 0.142. The molecule has 110 valence electrons. The molecule has 2 aromatic rings. The summed E-state index contributed by atoms with van der Waals surface area (Å²) >= 11 is 18.3. The Bertz CT molecular complexity index is 689. The van der Waals surface area contributed by atoms with E-state index >= 15 is 0 Å². The second-order valence-electron chi connectivity index (χ2n) is 4.59. The van der Waals surface area contributed by atoms with Gasteiger partial charge in [-0.1, -0.05) is 34.8 Å². The van der Waals surface area contributed by atoms with Crippen molar-refractivity contribution in [3.8, 4) is 0 Å². The SMILES string of the molecule is CC(Nc1cc(C(N)=O)ccc1Cl)c1cc(Cl)ccc1Cl. The van der Waals surface area contributed by atoms with Crippen molar-refractivity contribution in [2.75, 3.05) is 5.32 Å². The number of rotatable bonds is 4. The van der Waals surface area contributed by atoms with Gasteiger partial charge in [-0.2, -0.15) is 0 Å². The minimum Gasteiger partial charge on any atom is -0.377 e. The fraction of sp³-hybridized carbons (Fsp3) is 0.133. The van der Waals surface area contributed by atoms with Crippen LogP contribution in [0.3, 0.4) is 0 Å².